The van der Waals surface area contributed by atoms with Gasteiger partial charge in [0, 0.05) is 23.2 Å². The first-order chi connectivity index (χ1) is 13.4. The molecule has 2 aromatic carbocycles. The number of nitrogens with zero attached hydrogens (tertiary/aromatic N) is 3. The predicted molar refractivity (Wildman–Crippen MR) is 111 cm³/mol. The molecule has 4 aromatic rings. The topological polar surface area (TPSA) is 50.7 Å². The molecule has 0 saturated carbocycles. The van der Waals surface area contributed by atoms with Crippen LogP contribution in [0.4, 0.5) is 5.82 Å². The van der Waals surface area contributed by atoms with Gasteiger partial charge in [0.2, 0.25) is 0 Å². The summed E-state index contributed by atoms with van der Waals surface area (Å²) in [6, 6.07) is 18.7. The molecule has 0 aliphatic heterocycles. The monoisotopic (exact) mass is 372 g/mol. The van der Waals surface area contributed by atoms with Crippen molar-refractivity contribution < 1.29 is 0 Å². The third kappa shape index (κ3) is 3.19. The molecule has 2 aromatic heterocycles. The Morgan fingerprint density at radius 1 is 0.889 bits per heavy atom. The van der Waals surface area contributed by atoms with E-state index >= 15 is 0 Å². The van der Waals surface area contributed by atoms with Crippen molar-refractivity contribution in [2.75, 3.05) is 5.32 Å². The van der Waals surface area contributed by atoms with Crippen molar-refractivity contribution in [3.63, 3.8) is 0 Å². The Morgan fingerprint density at radius 3 is 2.63 bits per heavy atom. The molecule has 1 aliphatic carbocycles. The van der Waals surface area contributed by atoms with Crippen LogP contribution in [0.5, 0.6) is 0 Å². The fourth-order valence-corrected chi connectivity index (χ4v) is 4.47. The Morgan fingerprint density at radius 2 is 1.70 bits per heavy atom. The van der Waals surface area contributed by atoms with Crippen molar-refractivity contribution >= 4 is 28.3 Å². The van der Waals surface area contributed by atoms with Crippen molar-refractivity contribution in [2.45, 2.75) is 32.2 Å². The zero-order valence-electron chi connectivity index (χ0n) is 15.0. The molecule has 134 valence electrons. The lowest BCUT2D eigenvalue weighted by Gasteiger charge is -2.19. The molecule has 4 nitrogen and oxygen atoms in total. The second kappa shape index (κ2) is 7.08. The molecule has 0 radical (unpaired) electrons. The van der Waals surface area contributed by atoms with Crippen LogP contribution in [0.3, 0.4) is 0 Å². The molecule has 0 amide bonds. The summed E-state index contributed by atoms with van der Waals surface area (Å²) in [5, 5.41) is 4.70. The van der Waals surface area contributed by atoms with E-state index in [0.29, 0.717) is 0 Å². The molecule has 0 bridgehead atoms. The van der Waals surface area contributed by atoms with Gasteiger partial charge in [-0.15, -0.1) is 0 Å². The highest BCUT2D eigenvalue weighted by Gasteiger charge is 2.20. The van der Waals surface area contributed by atoms with E-state index in [2.05, 4.69) is 40.0 Å². The maximum atomic E-state index is 4.94. The zero-order valence-corrected chi connectivity index (χ0v) is 15.8. The van der Waals surface area contributed by atoms with E-state index < -0.39 is 0 Å². The second-order valence-electron chi connectivity index (χ2n) is 6.90. The van der Waals surface area contributed by atoms with Gasteiger partial charge in [0.25, 0.3) is 0 Å². The molecule has 0 saturated heterocycles. The Balaban J connectivity index is 1.56. The van der Waals surface area contributed by atoms with Gasteiger partial charge >= 0.3 is 0 Å². The highest BCUT2D eigenvalue weighted by molar-refractivity contribution is 7.11. The zero-order chi connectivity index (χ0) is 18.1. The van der Waals surface area contributed by atoms with Gasteiger partial charge in [-0.3, -0.25) is 0 Å². The van der Waals surface area contributed by atoms with Gasteiger partial charge < -0.3 is 5.32 Å². The third-order valence-electron chi connectivity index (χ3n) is 5.07. The number of aromatic nitrogens is 3. The average molecular weight is 372 g/mol. The lowest BCUT2D eigenvalue weighted by Crippen LogP contribution is -2.13. The Bertz CT molecular complexity index is 1090. The Hall–Kier alpha value is -2.79. The molecule has 1 N–H and O–H groups in total. The lowest BCUT2D eigenvalue weighted by molar-refractivity contribution is 0.664. The van der Waals surface area contributed by atoms with Crippen LogP contribution >= 0.6 is 11.5 Å². The van der Waals surface area contributed by atoms with Crippen molar-refractivity contribution in [1.29, 1.82) is 0 Å². The Labute approximate surface area is 162 Å². The molecule has 2 heterocycles. The highest BCUT2D eigenvalue weighted by atomic mass is 32.1. The summed E-state index contributed by atoms with van der Waals surface area (Å²) < 4.78 is 4.57. The van der Waals surface area contributed by atoms with E-state index in [1.54, 1.807) is 0 Å². The lowest BCUT2D eigenvalue weighted by atomic mass is 9.96. The van der Waals surface area contributed by atoms with Gasteiger partial charge in [0.05, 0.1) is 5.52 Å². The van der Waals surface area contributed by atoms with Crippen molar-refractivity contribution in [3.8, 4) is 10.7 Å². The quantitative estimate of drug-likeness (QED) is 0.532. The minimum Gasteiger partial charge on any atom is -0.366 e. The summed E-state index contributed by atoms with van der Waals surface area (Å²) in [4.78, 5) is 10.9. The summed E-state index contributed by atoms with van der Waals surface area (Å²) >= 11 is 1.49. The number of hydrogen-bond acceptors (Lipinski definition) is 5. The third-order valence-corrected chi connectivity index (χ3v) is 5.95. The molecule has 5 rings (SSSR count). The highest BCUT2D eigenvalue weighted by Crippen LogP contribution is 2.34. The van der Waals surface area contributed by atoms with Crippen molar-refractivity contribution in [3.05, 3.63) is 71.4 Å². The predicted octanol–water partition coefficient (Wildman–Crippen LogP) is 5.24. The van der Waals surface area contributed by atoms with Gasteiger partial charge in [-0.2, -0.15) is 4.37 Å². The van der Waals surface area contributed by atoms with Crippen LogP contribution in [0.15, 0.2) is 54.6 Å². The molecule has 27 heavy (non-hydrogen) atoms. The van der Waals surface area contributed by atoms with Crippen LogP contribution in [0.2, 0.25) is 0 Å². The standard InChI is InChI=1S/C22H20N4S/c1-2-8-15(9-3-1)14-23-21-17-11-5-6-12-18(17)24-22(25-21)20-16-10-4-7-13-19(16)26-27-20/h1-4,7-10,13H,5-6,11-12,14H2,(H,23,24,25). The fourth-order valence-electron chi connectivity index (χ4n) is 3.67. The maximum absolute atomic E-state index is 4.94. The minimum atomic E-state index is 0.771. The fraction of sp³-hybridized carbons (Fsp3) is 0.227. The van der Waals surface area contributed by atoms with Crippen LogP contribution in [-0.4, -0.2) is 14.3 Å². The molecule has 0 spiro atoms. The van der Waals surface area contributed by atoms with E-state index in [4.69, 9.17) is 9.97 Å². The van der Waals surface area contributed by atoms with Crippen LogP contribution in [-0.2, 0) is 19.4 Å². The van der Waals surface area contributed by atoms with Gasteiger partial charge in [-0.05, 0) is 48.8 Å². The van der Waals surface area contributed by atoms with Crippen LogP contribution < -0.4 is 5.32 Å². The number of benzene rings is 2. The van der Waals surface area contributed by atoms with Crippen LogP contribution in [0.1, 0.15) is 29.7 Å². The number of anilines is 1. The maximum Gasteiger partial charge on any atom is 0.174 e. The first kappa shape index (κ1) is 16.4. The first-order valence-electron chi connectivity index (χ1n) is 9.41. The molecular weight excluding hydrogens is 352 g/mol. The summed E-state index contributed by atoms with van der Waals surface area (Å²) in [5.74, 6) is 1.78. The van der Waals surface area contributed by atoms with E-state index in [9.17, 15) is 0 Å². The van der Waals surface area contributed by atoms with E-state index in [-0.39, 0.29) is 0 Å². The summed E-state index contributed by atoms with van der Waals surface area (Å²) in [6.45, 7) is 0.771. The van der Waals surface area contributed by atoms with E-state index in [1.165, 1.54) is 41.2 Å². The summed E-state index contributed by atoms with van der Waals surface area (Å²) in [6.07, 6.45) is 4.49. The number of nitrogens with one attached hydrogen (secondary N) is 1. The van der Waals surface area contributed by atoms with Crippen LogP contribution in [0.25, 0.3) is 21.6 Å². The van der Waals surface area contributed by atoms with Gasteiger partial charge in [0.1, 0.15) is 10.7 Å². The van der Waals surface area contributed by atoms with Gasteiger partial charge in [0.15, 0.2) is 5.82 Å². The average Bonchev–Trinajstić information content (AvgIpc) is 3.17. The van der Waals surface area contributed by atoms with Crippen molar-refractivity contribution in [1.82, 2.24) is 14.3 Å². The normalized spacial score (nSPS) is 13.5. The summed E-state index contributed by atoms with van der Waals surface area (Å²) in [7, 11) is 0. The number of aryl methyl sites for hydroxylation is 1. The summed E-state index contributed by atoms with van der Waals surface area (Å²) in [5.41, 5.74) is 4.75. The largest absolute Gasteiger partial charge is 0.366 e. The van der Waals surface area contributed by atoms with Crippen molar-refractivity contribution in [2.24, 2.45) is 0 Å². The molecular formula is C22H20N4S. The molecule has 0 unspecified atom stereocenters. The number of fused-ring (bicyclic) bond motifs is 2. The minimum absolute atomic E-state index is 0.771. The van der Waals surface area contributed by atoms with Crippen LogP contribution in [0, 0.1) is 0 Å². The Kier molecular flexibility index (Phi) is 4.30. The van der Waals surface area contributed by atoms with E-state index in [0.717, 1.165) is 46.8 Å². The smallest absolute Gasteiger partial charge is 0.174 e. The van der Waals surface area contributed by atoms with Gasteiger partial charge in [-0.25, -0.2) is 9.97 Å². The molecule has 5 heteroatoms. The van der Waals surface area contributed by atoms with Gasteiger partial charge in [-0.1, -0.05) is 48.5 Å². The second-order valence-corrected chi connectivity index (χ2v) is 7.67. The molecule has 0 atom stereocenters. The van der Waals surface area contributed by atoms with E-state index in [1.807, 2.05) is 24.3 Å². The molecule has 1 aliphatic rings. The number of rotatable bonds is 4. The first-order valence-corrected chi connectivity index (χ1v) is 10.2. The molecule has 0 fully saturated rings. The number of hydrogen-bond donors (Lipinski definition) is 1. The SMILES string of the molecule is c1ccc(CNc2nc(-c3snc4ccccc34)nc3c2CCCC3)cc1.